The first-order chi connectivity index (χ1) is 10.3. The van der Waals surface area contributed by atoms with Gasteiger partial charge in [-0.15, -0.1) is 12.4 Å². The third-order valence-electron chi connectivity index (χ3n) is 2.37. The molecule has 0 aliphatic carbocycles. The summed E-state index contributed by atoms with van der Waals surface area (Å²) in [6.45, 7) is -1.77. The average molecular weight is 356 g/mol. The van der Waals surface area contributed by atoms with Crippen LogP contribution in [-0.4, -0.2) is 44.3 Å². The zero-order valence-corrected chi connectivity index (χ0v) is 12.8. The number of halogens is 4. The molecule has 4 N–H and O–H groups in total. The molecule has 0 radical (unpaired) electrons. The normalized spacial score (nSPS) is 10.6. The Kier molecular flexibility index (Phi) is 9.23. The van der Waals surface area contributed by atoms with E-state index in [0.29, 0.717) is 0 Å². The number of ether oxygens (including phenoxy) is 1. The molecule has 0 bridgehead atoms. The summed E-state index contributed by atoms with van der Waals surface area (Å²) >= 11 is 0. The Morgan fingerprint density at radius 2 is 1.87 bits per heavy atom. The van der Waals surface area contributed by atoms with E-state index in [2.05, 4.69) is 15.4 Å². The van der Waals surface area contributed by atoms with Gasteiger partial charge in [0, 0.05) is 13.1 Å². The highest BCUT2D eigenvalue weighted by Crippen LogP contribution is 2.16. The van der Waals surface area contributed by atoms with Gasteiger partial charge < -0.3 is 21.1 Å². The Morgan fingerprint density at radius 3 is 2.48 bits per heavy atom. The van der Waals surface area contributed by atoms with Gasteiger partial charge in [0.05, 0.1) is 11.3 Å². The third kappa shape index (κ3) is 8.38. The number of nitrogens with one attached hydrogen (secondary N) is 2. The summed E-state index contributed by atoms with van der Waals surface area (Å²) in [5.41, 5.74) is 5.63. The second-order valence-electron chi connectivity index (χ2n) is 4.25. The molecule has 0 aliphatic rings. The molecular weight excluding hydrogens is 339 g/mol. The van der Waals surface area contributed by atoms with E-state index in [1.165, 1.54) is 12.1 Å². The topological polar surface area (TPSA) is 93.5 Å². The number of hydrogen-bond acceptors (Lipinski definition) is 4. The number of nitrogens with two attached hydrogens (primary N) is 1. The van der Waals surface area contributed by atoms with Crippen molar-refractivity contribution in [1.29, 1.82) is 0 Å². The van der Waals surface area contributed by atoms with Crippen molar-refractivity contribution in [2.75, 3.05) is 31.6 Å². The minimum Gasteiger partial charge on any atom is -0.362 e. The molecule has 0 aromatic heterocycles. The molecule has 0 aliphatic heterocycles. The highest BCUT2D eigenvalue weighted by atomic mass is 35.5. The van der Waals surface area contributed by atoms with Gasteiger partial charge in [-0.1, -0.05) is 12.1 Å². The number of para-hydroxylation sites is 1. The van der Waals surface area contributed by atoms with Gasteiger partial charge in [0.1, 0.15) is 13.2 Å². The summed E-state index contributed by atoms with van der Waals surface area (Å²) in [6, 6.07) is 6.09. The number of benzene rings is 1. The van der Waals surface area contributed by atoms with Crippen molar-refractivity contribution < 1.29 is 27.5 Å². The Morgan fingerprint density at radius 1 is 1.22 bits per heavy atom. The number of hydrogen-bond donors (Lipinski definition) is 3. The van der Waals surface area contributed by atoms with Gasteiger partial charge in [0.2, 0.25) is 5.91 Å². The van der Waals surface area contributed by atoms with Gasteiger partial charge >= 0.3 is 6.18 Å². The summed E-state index contributed by atoms with van der Waals surface area (Å²) in [4.78, 5) is 23.4. The second-order valence-corrected chi connectivity index (χ2v) is 4.25. The molecule has 0 fully saturated rings. The molecule has 10 heteroatoms. The predicted octanol–water partition coefficient (Wildman–Crippen LogP) is 1.31. The standard InChI is InChI=1S/C13H16F3N3O3.ClH/c14-13(15,16)8-22-7-11(20)19-10-4-2-1-3-9(10)12(21)18-6-5-17;/h1-4H,5-8,17H2,(H,18,21)(H,19,20);1H. The largest absolute Gasteiger partial charge is 0.411 e. The van der Waals surface area contributed by atoms with Crippen LogP contribution in [0.4, 0.5) is 18.9 Å². The van der Waals surface area contributed by atoms with Crippen LogP contribution in [0.2, 0.25) is 0 Å². The third-order valence-corrected chi connectivity index (χ3v) is 2.37. The maximum atomic E-state index is 11.9. The molecule has 0 atom stereocenters. The van der Waals surface area contributed by atoms with Crippen LogP contribution in [0.15, 0.2) is 24.3 Å². The maximum Gasteiger partial charge on any atom is 0.411 e. The lowest BCUT2D eigenvalue weighted by Gasteiger charge is -2.12. The quantitative estimate of drug-likeness (QED) is 0.687. The number of rotatable bonds is 7. The molecule has 0 heterocycles. The molecule has 1 aromatic rings. The lowest BCUT2D eigenvalue weighted by atomic mass is 10.1. The number of carbonyl (C=O) groups excluding carboxylic acids is 2. The number of anilines is 1. The fourth-order valence-corrected chi connectivity index (χ4v) is 1.52. The highest BCUT2D eigenvalue weighted by molar-refractivity contribution is 6.03. The van der Waals surface area contributed by atoms with E-state index in [1.807, 2.05) is 0 Å². The van der Waals surface area contributed by atoms with Crippen LogP contribution < -0.4 is 16.4 Å². The Bertz CT molecular complexity index is 527. The summed E-state index contributed by atoms with van der Waals surface area (Å²) in [6.07, 6.45) is -4.50. The van der Waals surface area contributed by atoms with E-state index >= 15 is 0 Å². The molecule has 1 aromatic carbocycles. The summed E-state index contributed by atoms with van der Waals surface area (Å²) in [5, 5.41) is 4.86. The number of amides is 2. The number of carbonyl (C=O) groups is 2. The summed E-state index contributed by atoms with van der Waals surface area (Å²) < 4.78 is 39.9. The van der Waals surface area contributed by atoms with Crippen LogP contribution in [0.1, 0.15) is 10.4 Å². The van der Waals surface area contributed by atoms with Crippen LogP contribution in [-0.2, 0) is 9.53 Å². The first-order valence-electron chi connectivity index (χ1n) is 6.35. The molecule has 1 rings (SSSR count). The van der Waals surface area contributed by atoms with E-state index in [0.717, 1.165) is 0 Å². The first-order valence-corrected chi connectivity index (χ1v) is 6.35. The van der Waals surface area contributed by atoms with Gasteiger partial charge in [-0.05, 0) is 12.1 Å². The van der Waals surface area contributed by atoms with Gasteiger partial charge in [0.15, 0.2) is 0 Å². The van der Waals surface area contributed by atoms with Crippen molar-refractivity contribution in [2.45, 2.75) is 6.18 Å². The van der Waals surface area contributed by atoms with Crippen molar-refractivity contribution in [3.05, 3.63) is 29.8 Å². The van der Waals surface area contributed by atoms with Crippen molar-refractivity contribution in [3.8, 4) is 0 Å². The van der Waals surface area contributed by atoms with Crippen molar-refractivity contribution in [1.82, 2.24) is 5.32 Å². The predicted molar refractivity (Wildman–Crippen MR) is 80.6 cm³/mol. The fraction of sp³-hybridized carbons (Fsp3) is 0.385. The van der Waals surface area contributed by atoms with Crippen LogP contribution >= 0.6 is 12.4 Å². The lowest BCUT2D eigenvalue weighted by Crippen LogP contribution is -2.30. The lowest BCUT2D eigenvalue weighted by molar-refractivity contribution is -0.174. The molecule has 0 saturated carbocycles. The van der Waals surface area contributed by atoms with Gasteiger partial charge in [0.25, 0.3) is 5.91 Å². The minimum atomic E-state index is -4.50. The maximum absolute atomic E-state index is 11.9. The highest BCUT2D eigenvalue weighted by Gasteiger charge is 2.27. The van der Waals surface area contributed by atoms with Crippen LogP contribution in [0, 0.1) is 0 Å². The molecule has 0 unspecified atom stereocenters. The summed E-state index contributed by atoms with van der Waals surface area (Å²) in [5.74, 6) is -1.24. The summed E-state index contributed by atoms with van der Waals surface area (Å²) in [7, 11) is 0. The Hall–Kier alpha value is -1.84. The molecule has 23 heavy (non-hydrogen) atoms. The zero-order chi connectivity index (χ0) is 16.6. The Labute approximate surface area is 137 Å². The van der Waals surface area contributed by atoms with E-state index in [4.69, 9.17) is 5.73 Å². The molecule has 0 saturated heterocycles. The van der Waals surface area contributed by atoms with Gasteiger partial charge in [-0.25, -0.2) is 0 Å². The molecule has 6 nitrogen and oxygen atoms in total. The zero-order valence-electron chi connectivity index (χ0n) is 12.0. The van der Waals surface area contributed by atoms with Gasteiger partial charge in [-0.2, -0.15) is 13.2 Å². The van der Waals surface area contributed by atoms with E-state index in [9.17, 15) is 22.8 Å². The van der Waals surface area contributed by atoms with Crippen LogP contribution in [0.5, 0.6) is 0 Å². The smallest absolute Gasteiger partial charge is 0.362 e. The monoisotopic (exact) mass is 355 g/mol. The Balaban J connectivity index is 0.00000484. The van der Waals surface area contributed by atoms with E-state index in [-0.39, 0.29) is 36.7 Å². The van der Waals surface area contributed by atoms with Crippen LogP contribution in [0.25, 0.3) is 0 Å². The second kappa shape index (κ2) is 10.0. The van der Waals surface area contributed by atoms with Crippen molar-refractivity contribution in [2.24, 2.45) is 5.73 Å². The SMILES string of the molecule is Cl.NCCNC(=O)c1ccccc1NC(=O)COCC(F)(F)F. The van der Waals surface area contributed by atoms with E-state index in [1.54, 1.807) is 12.1 Å². The van der Waals surface area contributed by atoms with Crippen molar-refractivity contribution in [3.63, 3.8) is 0 Å². The minimum absolute atomic E-state index is 0. The molecule has 130 valence electrons. The average Bonchev–Trinajstić information content (AvgIpc) is 2.44. The van der Waals surface area contributed by atoms with Crippen LogP contribution in [0.3, 0.4) is 0 Å². The first kappa shape index (κ1) is 21.2. The van der Waals surface area contributed by atoms with Gasteiger partial charge in [-0.3, -0.25) is 9.59 Å². The molecular formula is C13H17ClF3N3O3. The van der Waals surface area contributed by atoms with Crippen molar-refractivity contribution >= 4 is 29.9 Å². The number of alkyl halides is 3. The fourth-order valence-electron chi connectivity index (χ4n) is 1.52. The molecule has 0 spiro atoms. The van der Waals surface area contributed by atoms with E-state index < -0.39 is 31.2 Å². The molecule has 2 amide bonds.